The van der Waals surface area contributed by atoms with Crippen LogP contribution in [0.3, 0.4) is 0 Å². The molecule has 1 aliphatic heterocycles. The Balaban J connectivity index is 1.16. The van der Waals surface area contributed by atoms with Crippen LogP contribution in [0.15, 0.2) is 59.3 Å². The van der Waals surface area contributed by atoms with Crippen molar-refractivity contribution in [3.63, 3.8) is 0 Å². The molecule has 0 saturated carbocycles. The van der Waals surface area contributed by atoms with Gasteiger partial charge < -0.3 is 19.6 Å². The molecule has 3 aromatic heterocycles. The van der Waals surface area contributed by atoms with Crippen molar-refractivity contribution in [3.8, 4) is 0 Å². The van der Waals surface area contributed by atoms with Crippen molar-refractivity contribution in [1.82, 2.24) is 20.2 Å². The molecule has 4 aromatic rings. The molecule has 0 spiro atoms. The van der Waals surface area contributed by atoms with Crippen LogP contribution in [-0.4, -0.2) is 52.1 Å². The molecule has 1 fully saturated rings. The Kier molecular flexibility index (Phi) is 8.12. The largest absolute Gasteiger partial charge is 0.468 e. The normalized spacial score (nSPS) is 14.2. The first kappa shape index (κ1) is 26.0. The Bertz CT molecular complexity index is 1410. The number of pyridine rings is 1. The number of aromatic amines is 1. The fourth-order valence-electron chi connectivity index (χ4n) is 4.95. The van der Waals surface area contributed by atoms with Crippen LogP contribution < -0.4 is 5.32 Å². The highest BCUT2D eigenvalue weighted by Crippen LogP contribution is 2.30. The molecule has 5 rings (SSSR count). The number of halogens is 1. The average molecular weight is 535 g/mol. The number of carbonyl (C=O) groups excluding carboxylic acids is 2. The summed E-state index contributed by atoms with van der Waals surface area (Å²) >= 11 is 1.71. The second-order valence-electron chi connectivity index (χ2n) is 9.61. The van der Waals surface area contributed by atoms with Gasteiger partial charge in [0, 0.05) is 54.1 Å². The predicted octanol–water partition coefficient (Wildman–Crippen LogP) is 5.22. The fourth-order valence-corrected chi connectivity index (χ4v) is 5.71. The van der Waals surface area contributed by atoms with Crippen molar-refractivity contribution in [2.45, 2.75) is 37.9 Å². The first-order valence-corrected chi connectivity index (χ1v) is 14.0. The number of furan rings is 1. The van der Waals surface area contributed by atoms with Crippen molar-refractivity contribution in [1.29, 1.82) is 0 Å². The molecule has 0 aliphatic carbocycles. The minimum atomic E-state index is -0.315. The number of amides is 2. The molecule has 0 unspecified atom stereocenters. The molecule has 198 valence electrons. The number of thioether (sulfide) groups is 1. The Hall–Kier alpha value is -3.59. The summed E-state index contributed by atoms with van der Waals surface area (Å²) in [6.45, 7) is 3.68. The highest BCUT2D eigenvalue weighted by Gasteiger charge is 2.28. The number of benzene rings is 1. The number of fused-ring (bicyclic) bond motifs is 1. The van der Waals surface area contributed by atoms with Crippen LogP contribution in [0.5, 0.6) is 0 Å². The van der Waals surface area contributed by atoms with Crippen molar-refractivity contribution in [3.05, 3.63) is 89.0 Å². The van der Waals surface area contributed by atoms with Gasteiger partial charge in [-0.05, 0) is 67.8 Å². The first-order valence-electron chi connectivity index (χ1n) is 12.9. The molecule has 0 bridgehead atoms. The third-order valence-electron chi connectivity index (χ3n) is 6.97. The number of piperidine rings is 1. The summed E-state index contributed by atoms with van der Waals surface area (Å²) in [6, 6.07) is 12.1. The summed E-state index contributed by atoms with van der Waals surface area (Å²) in [5.74, 6) is 2.18. The number of carbonyl (C=O) groups is 2. The molecule has 4 heterocycles. The van der Waals surface area contributed by atoms with E-state index in [1.807, 2.05) is 36.1 Å². The van der Waals surface area contributed by atoms with E-state index in [4.69, 9.17) is 9.40 Å². The van der Waals surface area contributed by atoms with E-state index in [0.717, 1.165) is 58.0 Å². The maximum atomic E-state index is 13.7. The molecule has 2 N–H and O–H groups in total. The number of hydrogen-bond acceptors (Lipinski definition) is 5. The van der Waals surface area contributed by atoms with Gasteiger partial charge in [-0.15, -0.1) is 0 Å². The van der Waals surface area contributed by atoms with Crippen LogP contribution in [0, 0.1) is 12.7 Å². The molecule has 2 amide bonds. The Morgan fingerprint density at radius 2 is 2.05 bits per heavy atom. The van der Waals surface area contributed by atoms with Crippen LogP contribution in [0.4, 0.5) is 4.39 Å². The summed E-state index contributed by atoms with van der Waals surface area (Å²) in [6.07, 6.45) is 5.15. The lowest BCUT2D eigenvalue weighted by Crippen LogP contribution is -2.39. The number of rotatable bonds is 9. The number of aromatic nitrogens is 2. The standard InChI is InChI=1S/C29H31FN4O3S/c1-19-4-6-24(29(36)31-10-14-38-18-23-3-2-13-37-23)28(33-19)20-8-11-34(12-9-20)27(35)15-21-17-32-26-7-5-22(30)16-25(21)26/h2-7,13,16-17,20,32H,8-12,14-15,18H2,1H3,(H,31,36). The molecular weight excluding hydrogens is 503 g/mol. The van der Waals surface area contributed by atoms with Gasteiger partial charge in [0.25, 0.3) is 5.91 Å². The third kappa shape index (κ3) is 6.10. The van der Waals surface area contributed by atoms with Crippen LogP contribution in [0.25, 0.3) is 10.9 Å². The van der Waals surface area contributed by atoms with Crippen LogP contribution in [0.2, 0.25) is 0 Å². The minimum Gasteiger partial charge on any atom is -0.468 e. The van der Waals surface area contributed by atoms with E-state index in [-0.39, 0.29) is 30.0 Å². The second kappa shape index (κ2) is 11.9. The number of hydrogen-bond donors (Lipinski definition) is 2. The van der Waals surface area contributed by atoms with E-state index in [1.165, 1.54) is 12.1 Å². The summed E-state index contributed by atoms with van der Waals surface area (Å²) < 4.78 is 19.1. The van der Waals surface area contributed by atoms with Crippen molar-refractivity contribution in [2.24, 2.45) is 0 Å². The van der Waals surface area contributed by atoms with E-state index in [1.54, 1.807) is 30.3 Å². The highest BCUT2D eigenvalue weighted by molar-refractivity contribution is 7.98. The monoisotopic (exact) mass is 534 g/mol. The Labute approximate surface area is 225 Å². The Morgan fingerprint density at radius 1 is 1.21 bits per heavy atom. The van der Waals surface area contributed by atoms with E-state index in [0.29, 0.717) is 25.2 Å². The van der Waals surface area contributed by atoms with Crippen molar-refractivity contribution in [2.75, 3.05) is 25.4 Å². The maximum Gasteiger partial charge on any atom is 0.253 e. The molecule has 1 aliphatic rings. The van der Waals surface area contributed by atoms with Crippen LogP contribution >= 0.6 is 11.8 Å². The SMILES string of the molecule is Cc1ccc(C(=O)NCCSCc2ccco2)c(C2CCN(C(=O)Cc3c[nH]c4ccc(F)cc34)CC2)n1. The number of nitrogens with zero attached hydrogens (tertiary/aromatic N) is 2. The summed E-state index contributed by atoms with van der Waals surface area (Å²) in [5, 5.41) is 3.77. The van der Waals surface area contributed by atoms with Gasteiger partial charge in [-0.2, -0.15) is 11.8 Å². The molecule has 38 heavy (non-hydrogen) atoms. The van der Waals surface area contributed by atoms with E-state index in [9.17, 15) is 14.0 Å². The molecule has 9 heteroatoms. The third-order valence-corrected chi connectivity index (χ3v) is 7.95. The van der Waals surface area contributed by atoms with Gasteiger partial charge in [-0.3, -0.25) is 14.6 Å². The summed E-state index contributed by atoms with van der Waals surface area (Å²) in [7, 11) is 0. The molecule has 7 nitrogen and oxygen atoms in total. The highest BCUT2D eigenvalue weighted by atomic mass is 32.2. The van der Waals surface area contributed by atoms with Gasteiger partial charge >= 0.3 is 0 Å². The molecular formula is C29H31FN4O3S. The topological polar surface area (TPSA) is 91.2 Å². The van der Waals surface area contributed by atoms with Crippen LogP contribution in [-0.2, 0) is 17.0 Å². The number of likely N-dealkylation sites (tertiary alicyclic amines) is 1. The predicted molar refractivity (Wildman–Crippen MR) is 147 cm³/mol. The van der Waals surface area contributed by atoms with Gasteiger partial charge in [0.15, 0.2) is 0 Å². The zero-order valence-electron chi connectivity index (χ0n) is 21.3. The zero-order chi connectivity index (χ0) is 26.5. The lowest BCUT2D eigenvalue weighted by Gasteiger charge is -2.32. The lowest BCUT2D eigenvalue weighted by atomic mass is 9.89. The maximum absolute atomic E-state index is 13.7. The van der Waals surface area contributed by atoms with Gasteiger partial charge in [-0.1, -0.05) is 0 Å². The first-order chi connectivity index (χ1) is 18.5. The lowest BCUT2D eigenvalue weighted by molar-refractivity contribution is -0.131. The van der Waals surface area contributed by atoms with Crippen molar-refractivity contribution < 1.29 is 18.4 Å². The van der Waals surface area contributed by atoms with Gasteiger partial charge in [-0.25, -0.2) is 4.39 Å². The van der Waals surface area contributed by atoms with E-state index < -0.39 is 0 Å². The van der Waals surface area contributed by atoms with E-state index >= 15 is 0 Å². The molecule has 1 saturated heterocycles. The quantitative estimate of drug-likeness (QED) is 0.288. The molecule has 0 radical (unpaired) electrons. The van der Waals surface area contributed by atoms with Gasteiger partial charge in [0.1, 0.15) is 11.6 Å². The number of nitrogens with one attached hydrogen (secondary N) is 2. The average Bonchev–Trinajstić information content (AvgIpc) is 3.58. The van der Waals surface area contributed by atoms with Crippen LogP contribution in [0.1, 0.15) is 51.8 Å². The number of aryl methyl sites for hydroxylation is 1. The molecule has 1 aromatic carbocycles. The van der Waals surface area contributed by atoms with E-state index in [2.05, 4.69) is 10.3 Å². The summed E-state index contributed by atoms with van der Waals surface area (Å²) in [4.78, 5) is 35.8. The fraction of sp³-hybridized carbons (Fsp3) is 0.345. The number of H-pyrrole nitrogens is 1. The smallest absolute Gasteiger partial charge is 0.253 e. The summed E-state index contributed by atoms with van der Waals surface area (Å²) in [5.41, 5.74) is 3.91. The van der Waals surface area contributed by atoms with Gasteiger partial charge in [0.2, 0.25) is 5.91 Å². The zero-order valence-corrected chi connectivity index (χ0v) is 22.2. The van der Waals surface area contributed by atoms with Gasteiger partial charge in [0.05, 0.1) is 29.7 Å². The van der Waals surface area contributed by atoms with Crippen molar-refractivity contribution >= 4 is 34.5 Å². The molecule has 0 atom stereocenters. The Morgan fingerprint density at radius 3 is 2.84 bits per heavy atom. The second-order valence-corrected chi connectivity index (χ2v) is 10.7. The minimum absolute atomic E-state index is 0.0239.